The molecule has 2 saturated heterocycles. The minimum Gasteiger partial charge on any atom is -0.438 e. The van der Waals surface area contributed by atoms with Crippen molar-refractivity contribution in [1.29, 1.82) is 0 Å². The zero-order chi connectivity index (χ0) is 19.1. The van der Waals surface area contributed by atoms with Crippen molar-refractivity contribution in [1.82, 2.24) is 0 Å². The maximum absolute atomic E-state index is 11.9. The van der Waals surface area contributed by atoms with Gasteiger partial charge in [0.1, 0.15) is 6.10 Å². The Hall–Kier alpha value is -0.890. The lowest BCUT2D eigenvalue weighted by atomic mass is 9.94. The van der Waals surface area contributed by atoms with Crippen molar-refractivity contribution < 1.29 is 33.2 Å². The summed E-state index contributed by atoms with van der Waals surface area (Å²) in [5.74, 6) is -0.0529. The first-order chi connectivity index (χ1) is 12.9. The molecule has 7 nitrogen and oxygen atoms in total. The Bertz CT molecular complexity index is 532. The van der Waals surface area contributed by atoms with E-state index >= 15 is 0 Å². The predicted octanol–water partition coefficient (Wildman–Crippen LogP) is 3.25. The molecule has 1 spiro atoms. The van der Waals surface area contributed by atoms with E-state index in [1.165, 1.54) is 7.11 Å². The second-order valence-corrected chi connectivity index (χ2v) is 9.23. The number of rotatable bonds is 3. The van der Waals surface area contributed by atoms with Crippen molar-refractivity contribution in [3.05, 3.63) is 0 Å². The average molecular weight is 384 g/mol. The van der Waals surface area contributed by atoms with Gasteiger partial charge in [-0.3, -0.25) is 0 Å². The first-order valence-corrected chi connectivity index (χ1v) is 10.2. The van der Waals surface area contributed by atoms with Gasteiger partial charge in [0, 0.05) is 30.8 Å². The zero-order valence-corrected chi connectivity index (χ0v) is 16.6. The lowest BCUT2D eigenvalue weighted by Gasteiger charge is -2.42. The third-order valence-electron chi connectivity index (χ3n) is 6.36. The molecule has 2 aliphatic heterocycles. The molecule has 0 amide bonds. The maximum atomic E-state index is 11.9. The van der Waals surface area contributed by atoms with E-state index in [0.717, 1.165) is 45.1 Å². The third-order valence-corrected chi connectivity index (χ3v) is 6.36. The van der Waals surface area contributed by atoms with Crippen LogP contribution in [0.3, 0.4) is 0 Å². The van der Waals surface area contributed by atoms with E-state index in [9.17, 15) is 4.79 Å². The molecule has 0 aromatic heterocycles. The van der Waals surface area contributed by atoms with E-state index in [4.69, 9.17) is 28.4 Å². The standard InChI is InChI=1S/C20H32O7/c1-19(2)11-24-20(25-12-19)9-13-8-15(26-16-6-4-5-7-23-16)17(14(13)10-20)27-18(21)22-3/h13-17H,4-12H2,1-3H3/t13-,14+,15-,16?,17+/m1/s1. The third kappa shape index (κ3) is 4.11. The van der Waals surface area contributed by atoms with E-state index in [1.807, 2.05) is 0 Å². The number of carbonyl (C=O) groups excluding carboxylic acids is 1. The summed E-state index contributed by atoms with van der Waals surface area (Å²) in [6.45, 7) is 6.39. The molecular weight excluding hydrogens is 352 g/mol. The molecule has 0 N–H and O–H groups in total. The van der Waals surface area contributed by atoms with Crippen LogP contribution in [0.2, 0.25) is 0 Å². The Morgan fingerprint density at radius 1 is 1.11 bits per heavy atom. The van der Waals surface area contributed by atoms with Gasteiger partial charge in [0.05, 0.1) is 26.4 Å². The predicted molar refractivity (Wildman–Crippen MR) is 95.0 cm³/mol. The summed E-state index contributed by atoms with van der Waals surface area (Å²) < 4.78 is 34.7. The number of fused-ring (bicyclic) bond motifs is 1. The first-order valence-electron chi connectivity index (χ1n) is 10.2. The zero-order valence-electron chi connectivity index (χ0n) is 16.6. The molecule has 5 atom stereocenters. The molecule has 0 aromatic rings. The van der Waals surface area contributed by atoms with Crippen LogP contribution < -0.4 is 0 Å². The molecule has 0 aromatic carbocycles. The Morgan fingerprint density at radius 2 is 1.89 bits per heavy atom. The SMILES string of the molecule is COC(=O)O[C@H]1[C@H]2CC3(C[C@H]2C[C@H]1OC1CCCCO1)OCC(C)(C)CO3. The minimum absolute atomic E-state index is 0.0365. The second-order valence-electron chi connectivity index (χ2n) is 9.23. The Balaban J connectivity index is 1.44. The van der Waals surface area contributed by atoms with Crippen molar-refractivity contribution in [2.24, 2.45) is 17.3 Å². The number of methoxy groups -OCH3 is 1. The fourth-order valence-corrected chi connectivity index (χ4v) is 4.95. The molecule has 0 bridgehead atoms. The summed E-state index contributed by atoms with van der Waals surface area (Å²) in [7, 11) is 1.33. The molecule has 1 unspecified atom stereocenters. The van der Waals surface area contributed by atoms with Crippen LogP contribution in [0, 0.1) is 17.3 Å². The largest absolute Gasteiger partial charge is 0.508 e. The number of ether oxygens (including phenoxy) is 6. The Labute approximate surface area is 160 Å². The fourth-order valence-electron chi connectivity index (χ4n) is 4.95. The van der Waals surface area contributed by atoms with Crippen LogP contribution >= 0.6 is 0 Å². The summed E-state index contributed by atoms with van der Waals surface area (Å²) >= 11 is 0. The molecule has 7 heteroatoms. The fraction of sp³-hybridized carbons (Fsp3) is 0.950. The van der Waals surface area contributed by atoms with Crippen LogP contribution in [-0.4, -0.2) is 57.4 Å². The van der Waals surface area contributed by atoms with Crippen LogP contribution in [0.4, 0.5) is 4.79 Å². The van der Waals surface area contributed by atoms with Gasteiger partial charge in [-0.05, 0) is 31.6 Å². The van der Waals surface area contributed by atoms with Gasteiger partial charge in [-0.25, -0.2) is 4.79 Å². The summed E-state index contributed by atoms with van der Waals surface area (Å²) in [5.41, 5.74) is 0.0365. The summed E-state index contributed by atoms with van der Waals surface area (Å²) in [6.07, 6.45) is 4.05. The second kappa shape index (κ2) is 7.50. The van der Waals surface area contributed by atoms with Crippen LogP contribution in [0.1, 0.15) is 52.4 Å². The van der Waals surface area contributed by atoms with Crippen LogP contribution in [0.25, 0.3) is 0 Å². The van der Waals surface area contributed by atoms with E-state index in [1.54, 1.807) is 0 Å². The van der Waals surface area contributed by atoms with Gasteiger partial charge in [0.25, 0.3) is 0 Å². The summed E-state index contributed by atoms with van der Waals surface area (Å²) in [6, 6.07) is 0. The first kappa shape index (κ1) is 19.4. The molecular formula is C20H32O7. The molecule has 4 aliphatic rings. The summed E-state index contributed by atoms with van der Waals surface area (Å²) in [4.78, 5) is 11.9. The van der Waals surface area contributed by atoms with E-state index in [0.29, 0.717) is 19.1 Å². The van der Waals surface area contributed by atoms with Gasteiger partial charge in [-0.2, -0.15) is 0 Å². The maximum Gasteiger partial charge on any atom is 0.508 e. The van der Waals surface area contributed by atoms with Gasteiger partial charge in [-0.15, -0.1) is 0 Å². The average Bonchev–Trinajstić information content (AvgIpc) is 3.14. The number of carbonyl (C=O) groups is 1. The Kier molecular flexibility index (Phi) is 5.40. The highest BCUT2D eigenvalue weighted by molar-refractivity contribution is 5.60. The van der Waals surface area contributed by atoms with E-state index < -0.39 is 11.9 Å². The van der Waals surface area contributed by atoms with E-state index in [-0.39, 0.29) is 29.8 Å². The van der Waals surface area contributed by atoms with Crippen molar-refractivity contribution in [2.75, 3.05) is 26.9 Å². The van der Waals surface area contributed by atoms with Crippen molar-refractivity contribution in [3.63, 3.8) is 0 Å². The molecule has 2 aliphatic carbocycles. The summed E-state index contributed by atoms with van der Waals surface area (Å²) in [5, 5.41) is 0. The van der Waals surface area contributed by atoms with Crippen molar-refractivity contribution in [2.45, 2.75) is 76.7 Å². The highest BCUT2D eigenvalue weighted by atomic mass is 16.7. The smallest absolute Gasteiger partial charge is 0.438 e. The molecule has 27 heavy (non-hydrogen) atoms. The topological polar surface area (TPSA) is 72.5 Å². The normalized spacial score (nSPS) is 39.9. The highest BCUT2D eigenvalue weighted by Crippen LogP contribution is 2.54. The van der Waals surface area contributed by atoms with Crippen molar-refractivity contribution in [3.8, 4) is 0 Å². The molecule has 2 heterocycles. The van der Waals surface area contributed by atoms with Gasteiger partial charge >= 0.3 is 6.16 Å². The number of hydrogen-bond acceptors (Lipinski definition) is 7. The highest BCUT2D eigenvalue weighted by Gasteiger charge is 2.59. The molecule has 4 rings (SSSR count). The molecule has 2 saturated carbocycles. The van der Waals surface area contributed by atoms with Crippen LogP contribution in [0.5, 0.6) is 0 Å². The monoisotopic (exact) mass is 384 g/mol. The lowest BCUT2D eigenvalue weighted by molar-refractivity contribution is -0.299. The lowest BCUT2D eigenvalue weighted by Crippen LogP contribution is -2.47. The van der Waals surface area contributed by atoms with Gasteiger partial charge in [-0.1, -0.05) is 13.8 Å². The molecule has 4 fully saturated rings. The van der Waals surface area contributed by atoms with Gasteiger partial charge < -0.3 is 28.4 Å². The van der Waals surface area contributed by atoms with Crippen LogP contribution in [0.15, 0.2) is 0 Å². The van der Waals surface area contributed by atoms with Gasteiger partial charge in [0.2, 0.25) is 0 Å². The molecule has 0 radical (unpaired) electrons. The quantitative estimate of drug-likeness (QED) is 0.692. The number of hydrogen-bond donors (Lipinski definition) is 0. The Morgan fingerprint density at radius 3 is 2.56 bits per heavy atom. The minimum atomic E-state index is -0.661. The molecule has 154 valence electrons. The van der Waals surface area contributed by atoms with Crippen molar-refractivity contribution >= 4 is 6.16 Å². The van der Waals surface area contributed by atoms with Crippen LogP contribution in [-0.2, 0) is 28.4 Å². The van der Waals surface area contributed by atoms with Gasteiger partial charge in [0.15, 0.2) is 12.1 Å². The van der Waals surface area contributed by atoms with E-state index in [2.05, 4.69) is 13.8 Å².